The molecule has 0 saturated heterocycles. The Labute approximate surface area is 131 Å². The van der Waals surface area contributed by atoms with Crippen LogP contribution >= 0.6 is 15.9 Å². The van der Waals surface area contributed by atoms with E-state index < -0.39 is 0 Å². The SMILES string of the molecule is COCCCCC(CNC1CC1)Cc1cccc(Br)c1. The molecule has 1 N–H and O–H groups in total. The lowest BCUT2D eigenvalue weighted by Gasteiger charge is -2.18. The molecule has 1 aromatic rings. The van der Waals surface area contributed by atoms with Gasteiger partial charge in [0.05, 0.1) is 0 Å². The summed E-state index contributed by atoms with van der Waals surface area (Å²) in [6.45, 7) is 2.05. The Balaban J connectivity index is 1.80. The van der Waals surface area contributed by atoms with Gasteiger partial charge in [-0.1, -0.05) is 34.5 Å². The summed E-state index contributed by atoms with van der Waals surface area (Å²) in [6.07, 6.45) is 7.63. The zero-order valence-corrected chi connectivity index (χ0v) is 14.0. The fourth-order valence-corrected chi connectivity index (χ4v) is 3.02. The summed E-state index contributed by atoms with van der Waals surface area (Å²) in [4.78, 5) is 0. The van der Waals surface area contributed by atoms with Crippen LogP contribution in [0.5, 0.6) is 0 Å². The van der Waals surface area contributed by atoms with Crippen molar-refractivity contribution in [1.29, 1.82) is 0 Å². The van der Waals surface area contributed by atoms with Crippen LogP contribution in [0.3, 0.4) is 0 Å². The average Bonchev–Trinajstić information content (AvgIpc) is 3.25. The smallest absolute Gasteiger partial charge is 0.0462 e. The Morgan fingerprint density at radius 3 is 2.90 bits per heavy atom. The topological polar surface area (TPSA) is 21.3 Å². The lowest BCUT2D eigenvalue weighted by molar-refractivity contribution is 0.190. The van der Waals surface area contributed by atoms with Gasteiger partial charge in [0.1, 0.15) is 0 Å². The molecule has 0 aromatic heterocycles. The molecular formula is C17H26BrNO. The van der Waals surface area contributed by atoms with Crippen LogP contribution in [0, 0.1) is 5.92 Å². The third kappa shape index (κ3) is 6.38. The molecule has 1 aliphatic rings. The molecule has 112 valence electrons. The van der Waals surface area contributed by atoms with Crippen molar-refractivity contribution in [1.82, 2.24) is 5.32 Å². The number of rotatable bonds is 10. The van der Waals surface area contributed by atoms with Gasteiger partial charge in [-0.05, 0) is 62.3 Å². The third-order valence-electron chi connectivity index (χ3n) is 3.90. The van der Waals surface area contributed by atoms with Crippen molar-refractivity contribution in [3.05, 3.63) is 34.3 Å². The summed E-state index contributed by atoms with van der Waals surface area (Å²) >= 11 is 3.57. The van der Waals surface area contributed by atoms with Crippen molar-refractivity contribution in [3.8, 4) is 0 Å². The second-order valence-electron chi connectivity index (χ2n) is 5.87. The first-order chi connectivity index (χ1) is 9.78. The summed E-state index contributed by atoms with van der Waals surface area (Å²) in [5, 5.41) is 3.69. The Morgan fingerprint density at radius 2 is 2.20 bits per heavy atom. The summed E-state index contributed by atoms with van der Waals surface area (Å²) in [6, 6.07) is 9.53. The van der Waals surface area contributed by atoms with E-state index in [0.717, 1.165) is 25.1 Å². The largest absolute Gasteiger partial charge is 0.385 e. The standard InChI is InChI=1S/C17H26BrNO/c1-20-10-3-2-5-15(13-19-17-8-9-17)11-14-6-4-7-16(18)12-14/h4,6-7,12,15,17,19H,2-3,5,8-11,13H2,1H3. The van der Waals surface area contributed by atoms with Crippen molar-refractivity contribution in [3.63, 3.8) is 0 Å². The molecule has 2 rings (SSSR count). The molecule has 0 heterocycles. The molecule has 3 heteroatoms. The van der Waals surface area contributed by atoms with Crippen LogP contribution in [0.15, 0.2) is 28.7 Å². The fraction of sp³-hybridized carbons (Fsp3) is 0.647. The number of ether oxygens (including phenoxy) is 1. The highest BCUT2D eigenvalue weighted by molar-refractivity contribution is 9.10. The zero-order chi connectivity index (χ0) is 14.2. The van der Waals surface area contributed by atoms with E-state index in [4.69, 9.17) is 4.74 Å². The van der Waals surface area contributed by atoms with Crippen molar-refractivity contribution in [2.75, 3.05) is 20.3 Å². The minimum absolute atomic E-state index is 0.738. The number of halogens is 1. The van der Waals surface area contributed by atoms with E-state index >= 15 is 0 Å². The lowest BCUT2D eigenvalue weighted by Crippen LogP contribution is -2.26. The van der Waals surface area contributed by atoms with Gasteiger partial charge in [0.15, 0.2) is 0 Å². The van der Waals surface area contributed by atoms with E-state index in [0.29, 0.717) is 0 Å². The van der Waals surface area contributed by atoms with E-state index in [2.05, 4.69) is 45.5 Å². The molecule has 1 saturated carbocycles. The van der Waals surface area contributed by atoms with Crippen molar-refractivity contribution < 1.29 is 4.74 Å². The van der Waals surface area contributed by atoms with E-state index in [9.17, 15) is 0 Å². The number of benzene rings is 1. The van der Waals surface area contributed by atoms with E-state index in [-0.39, 0.29) is 0 Å². The second kappa shape index (κ2) is 8.81. The number of nitrogens with one attached hydrogen (secondary N) is 1. The quantitative estimate of drug-likeness (QED) is 0.645. The molecule has 1 aliphatic carbocycles. The maximum absolute atomic E-state index is 5.14. The molecule has 0 aliphatic heterocycles. The van der Waals surface area contributed by atoms with Gasteiger partial charge >= 0.3 is 0 Å². The number of methoxy groups -OCH3 is 1. The average molecular weight is 340 g/mol. The van der Waals surface area contributed by atoms with Crippen LogP contribution in [0.25, 0.3) is 0 Å². The molecule has 1 aromatic carbocycles. The predicted molar refractivity (Wildman–Crippen MR) is 88.1 cm³/mol. The first-order valence-corrected chi connectivity index (χ1v) is 8.54. The van der Waals surface area contributed by atoms with Gasteiger partial charge in [0, 0.05) is 24.2 Å². The number of hydrogen-bond donors (Lipinski definition) is 1. The minimum Gasteiger partial charge on any atom is -0.385 e. The maximum Gasteiger partial charge on any atom is 0.0462 e. The lowest BCUT2D eigenvalue weighted by atomic mass is 9.94. The predicted octanol–water partition coefficient (Wildman–Crippen LogP) is 4.18. The minimum atomic E-state index is 0.738. The number of hydrogen-bond acceptors (Lipinski definition) is 2. The summed E-state index contributed by atoms with van der Waals surface area (Å²) < 4.78 is 6.33. The summed E-state index contributed by atoms with van der Waals surface area (Å²) in [5.41, 5.74) is 1.44. The third-order valence-corrected chi connectivity index (χ3v) is 4.39. The number of unbranched alkanes of at least 4 members (excludes halogenated alkanes) is 1. The van der Waals surface area contributed by atoms with Gasteiger partial charge in [-0.3, -0.25) is 0 Å². The van der Waals surface area contributed by atoms with Gasteiger partial charge in [0.2, 0.25) is 0 Å². The van der Waals surface area contributed by atoms with Crippen LogP contribution in [-0.2, 0) is 11.2 Å². The highest BCUT2D eigenvalue weighted by atomic mass is 79.9. The zero-order valence-electron chi connectivity index (χ0n) is 12.4. The molecule has 0 radical (unpaired) electrons. The highest BCUT2D eigenvalue weighted by Gasteiger charge is 2.21. The van der Waals surface area contributed by atoms with Crippen molar-refractivity contribution in [2.45, 2.75) is 44.6 Å². The van der Waals surface area contributed by atoms with Gasteiger partial charge in [-0.2, -0.15) is 0 Å². The summed E-state index contributed by atoms with van der Waals surface area (Å²) in [7, 11) is 1.79. The van der Waals surface area contributed by atoms with Gasteiger partial charge in [0.25, 0.3) is 0 Å². The Morgan fingerprint density at radius 1 is 1.35 bits per heavy atom. The van der Waals surface area contributed by atoms with Crippen molar-refractivity contribution in [2.24, 2.45) is 5.92 Å². The molecule has 1 unspecified atom stereocenters. The first-order valence-electron chi connectivity index (χ1n) is 7.74. The molecule has 0 bridgehead atoms. The fourth-order valence-electron chi connectivity index (χ4n) is 2.57. The van der Waals surface area contributed by atoms with Gasteiger partial charge < -0.3 is 10.1 Å². The Bertz CT molecular complexity index is 392. The van der Waals surface area contributed by atoms with Crippen LogP contribution in [-0.4, -0.2) is 26.3 Å². The molecular weight excluding hydrogens is 314 g/mol. The van der Waals surface area contributed by atoms with E-state index in [1.54, 1.807) is 7.11 Å². The molecule has 2 nitrogen and oxygen atoms in total. The van der Waals surface area contributed by atoms with Crippen LogP contribution in [0.1, 0.15) is 37.7 Å². The van der Waals surface area contributed by atoms with Gasteiger partial charge in [-0.25, -0.2) is 0 Å². The first kappa shape index (κ1) is 16.0. The Kier molecular flexibility index (Phi) is 7.05. The van der Waals surface area contributed by atoms with Crippen molar-refractivity contribution >= 4 is 15.9 Å². The summed E-state index contributed by atoms with van der Waals surface area (Å²) in [5.74, 6) is 0.738. The van der Waals surface area contributed by atoms with Crippen LogP contribution in [0.4, 0.5) is 0 Å². The van der Waals surface area contributed by atoms with Crippen LogP contribution in [0.2, 0.25) is 0 Å². The highest BCUT2D eigenvalue weighted by Crippen LogP contribution is 2.22. The maximum atomic E-state index is 5.14. The normalized spacial score (nSPS) is 16.3. The Hall–Kier alpha value is -0.380. The molecule has 0 spiro atoms. The van der Waals surface area contributed by atoms with E-state index in [1.165, 1.54) is 48.6 Å². The molecule has 0 amide bonds. The van der Waals surface area contributed by atoms with Crippen LogP contribution < -0.4 is 5.32 Å². The second-order valence-corrected chi connectivity index (χ2v) is 6.79. The monoisotopic (exact) mass is 339 g/mol. The van der Waals surface area contributed by atoms with Gasteiger partial charge in [-0.15, -0.1) is 0 Å². The molecule has 20 heavy (non-hydrogen) atoms. The van der Waals surface area contributed by atoms with E-state index in [1.807, 2.05) is 0 Å². The molecule has 1 fully saturated rings. The molecule has 1 atom stereocenters.